The molecular weight excluding hydrogens is 1950 g/mol. The summed E-state index contributed by atoms with van der Waals surface area (Å²) in [5.41, 5.74) is -0.101. The summed E-state index contributed by atoms with van der Waals surface area (Å²) in [5.74, 6) is -10.0. The molecule has 4 saturated heterocycles. The Balaban J connectivity index is 0.000000213. The average molecular weight is 2080 g/mol. The van der Waals surface area contributed by atoms with Crippen LogP contribution in [0.4, 0.5) is 43.9 Å². The number of aromatic amines is 2. The summed E-state index contributed by atoms with van der Waals surface area (Å²) in [6.45, 7) is 53.3. The second kappa shape index (κ2) is 43.0. The number of amides is 2. The molecule has 0 saturated carbocycles. The van der Waals surface area contributed by atoms with Crippen LogP contribution in [0.1, 0.15) is 178 Å². The lowest BCUT2D eigenvalue weighted by Crippen LogP contribution is -2.53. The van der Waals surface area contributed by atoms with Gasteiger partial charge in [0.2, 0.25) is 23.7 Å². The minimum Gasteiger partial charge on any atom is -0.508 e. The van der Waals surface area contributed by atoms with Crippen LogP contribution in [0, 0.1) is 11.6 Å². The van der Waals surface area contributed by atoms with Gasteiger partial charge in [0.05, 0.1) is 46.8 Å². The van der Waals surface area contributed by atoms with E-state index in [0.29, 0.717) is 71.2 Å². The van der Waals surface area contributed by atoms with E-state index in [1.165, 1.54) is 65.8 Å². The van der Waals surface area contributed by atoms with Gasteiger partial charge in [0.25, 0.3) is 11.8 Å². The zero-order chi connectivity index (χ0) is 105. The number of hydrogen-bond acceptors (Lipinski definition) is 28. The molecule has 776 valence electrons. The molecule has 36 nitrogen and oxygen atoms in total. The van der Waals surface area contributed by atoms with E-state index in [1.807, 2.05) is 147 Å². The Morgan fingerprint density at radius 1 is 0.503 bits per heavy atom. The van der Waals surface area contributed by atoms with Gasteiger partial charge in [0, 0.05) is 126 Å². The lowest BCUT2D eigenvalue weighted by Gasteiger charge is -2.41. The number of halogens is 7. The fourth-order valence-corrected chi connectivity index (χ4v) is 19.9. The van der Waals surface area contributed by atoms with Crippen molar-refractivity contribution in [1.29, 1.82) is 0 Å². The molecule has 9 N–H and O–H groups in total. The van der Waals surface area contributed by atoms with Gasteiger partial charge in [0.15, 0.2) is 44.9 Å². The molecule has 4 aromatic carbocycles. The molecule has 2 amide bonds. The van der Waals surface area contributed by atoms with Gasteiger partial charge in [-0.15, -0.1) is 0 Å². The van der Waals surface area contributed by atoms with Gasteiger partial charge < -0.3 is 68.5 Å². The number of alkyl halides is 4. The SMILES string of the molecule is CC(C)(C)[Si](C)(C)OC[C@H]1O[C@@H](n2ccc(NC(=O)c3cnc(Cl)nc3)nc2=O)C(F)(F)[C@@H]1O[Si](C)(C)C(C)(C)C.CC(C)c1cc(-c2n[nH]c(=O)n2-c2ccc(CN3CCN(c4ncc(C(=O)Nc5ccn([C@@H]6O[C@H](CO[Si](C)(C)C(C)(C)C)[C@@H](O[Si](C)(C)C(C)(C)C)C6(F)F)c(=O)n5)cn4)CC3)c(F)c2)c(O)cc1O.CC(C)c1cc(-c2n[nH]c(=O)n2-c2ccc(CN3CCNCC3)c(F)c2)c(O)cc1O. The number of hydrogen-bond donors (Lipinski definition) is 9. The summed E-state index contributed by atoms with van der Waals surface area (Å²) < 4.78 is 137. The number of H-pyrrole nitrogens is 2. The molecule has 0 radical (unpaired) electrons. The number of piperazine rings is 2. The van der Waals surface area contributed by atoms with Crippen LogP contribution in [0.25, 0.3) is 34.2 Å². The number of nitrogens with one attached hydrogen (secondary N) is 5. The van der Waals surface area contributed by atoms with E-state index in [0.717, 1.165) is 47.7 Å². The first-order chi connectivity index (χ1) is 66.4. The van der Waals surface area contributed by atoms with Crippen LogP contribution >= 0.6 is 11.6 Å². The summed E-state index contributed by atoms with van der Waals surface area (Å²) in [5, 5.41) is 61.5. The molecule has 0 unspecified atom stereocenters. The highest BCUT2D eigenvalue weighted by Crippen LogP contribution is 2.52. The van der Waals surface area contributed by atoms with Gasteiger partial charge in [-0.25, -0.2) is 67.2 Å². The third-order valence-electron chi connectivity index (χ3n) is 28.0. The summed E-state index contributed by atoms with van der Waals surface area (Å²) in [7, 11) is -10.2. The molecule has 10 heterocycles. The van der Waals surface area contributed by atoms with Crippen LogP contribution in [0.2, 0.25) is 77.8 Å². The first-order valence-corrected chi connectivity index (χ1v) is 59.2. The Morgan fingerprint density at radius 3 is 1.20 bits per heavy atom. The second-order valence-corrected chi connectivity index (χ2v) is 62.4. The summed E-state index contributed by atoms with van der Waals surface area (Å²) in [6.07, 6.45) is -2.40. The van der Waals surface area contributed by atoms with Crippen LogP contribution in [0.15, 0.2) is 129 Å². The van der Waals surface area contributed by atoms with Gasteiger partial charge in [-0.1, -0.05) is 123 Å². The van der Waals surface area contributed by atoms with Crippen molar-refractivity contribution in [2.45, 2.75) is 257 Å². The Kier molecular flexibility index (Phi) is 33.3. The number of phenolic OH excluding ortho intramolecular Hbond substituents is 4. The minimum absolute atomic E-state index is 0.0137. The summed E-state index contributed by atoms with van der Waals surface area (Å²) >= 11 is 5.64. The van der Waals surface area contributed by atoms with Crippen molar-refractivity contribution in [1.82, 2.24) is 83.7 Å². The normalized spacial score (nSPS) is 19.0. The van der Waals surface area contributed by atoms with Crippen LogP contribution in [0.5, 0.6) is 23.0 Å². The van der Waals surface area contributed by atoms with E-state index < -0.39 is 133 Å². The quantitative estimate of drug-likeness (QED) is 0.0131. The molecule has 4 aliphatic heterocycles. The molecule has 14 rings (SSSR count). The predicted molar refractivity (Wildman–Crippen MR) is 540 cm³/mol. The molecule has 4 fully saturated rings. The maximum absolute atomic E-state index is 16.6. The Hall–Kier alpha value is -11.0. The number of ether oxygens (including phenoxy) is 2. The van der Waals surface area contributed by atoms with Crippen LogP contribution < -0.4 is 43.6 Å². The van der Waals surface area contributed by atoms with E-state index in [-0.39, 0.29) is 126 Å². The molecule has 6 atom stereocenters. The monoisotopic (exact) mass is 2080 g/mol. The second-order valence-electron chi connectivity index (χ2n) is 43.0. The zero-order valence-electron chi connectivity index (χ0n) is 85.0. The smallest absolute Gasteiger partial charge is 0.351 e. The predicted octanol–water partition coefficient (Wildman–Crippen LogP) is 16.0. The maximum atomic E-state index is 16.6. The number of aromatic hydroxyl groups is 4. The van der Waals surface area contributed by atoms with E-state index in [2.05, 4.69) is 96.8 Å². The molecular formula is C96H131ClF6N20O16Si4. The molecule has 6 aromatic heterocycles. The number of aromatic nitrogens is 14. The number of anilines is 3. The molecule has 0 spiro atoms. The van der Waals surface area contributed by atoms with E-state index in [4.69, 9.17) is 38.8 Å². The number of nitrogens with zero attached hydrogens (tertiary/aromatic N) is 15. The minimum atomic E-state index is -3.65. The van der Waals surface area contributed by atoms with Crippen molar-refractivity contribution in [3.05, 3.63) is 202 Å². The van der Waals surface area contributed by atoms with Crippen molar-refractivity contribution >= 4 is 74.3 Å². The van der Waals surface area contributed by atoms with Crippen molar-refractivity contribution in [2.75, 3.05) is 81.1 Å². The number of carbonyl (C=O) groups is 2. The van der Waals surface area contributed by atoms with Crippen molar-refractivity contribution in [3.8, 4) is 57.1 Å². The van der Waals surface area contributed by atoms with E-state index in [1.54, 1.807) is 36.4 Å². The van der Waals surface area contributed by atoms with Gasteiger partial charge in [-0.05, 0) is 156 Å². The van der Waals surface area contributed by atoms with Gasteiger partial charge in [0.1, 0.15) is 70.7 Å². The zero-order valence-corrected chi connectivity index (χ0v) is 89.8. The van der Waals surface area contributed by atoms with Crippen molar-refractivity contribution < 1.29 is 83.5 Å². The van der Waals surface area contributed by atoms with Crippen molar-refractivity contribution in [2.24, 2.45) is 0 Å². The van der Waals surface area contributed by atoms with E-state index in [9.17, 15) is 53.6 Å². The molecule has 4 aliphatic rings. The third-order valence-corrected chi connectivity index (χ3v) is 46.1. The molecule has 0 aliphatic carbocycles. The number of benzene rings is 4. The van der Waals surface area contributed by atoms with Gasteiger partial charge in [-0.3, -0.25) is 28.5 Å². The topological polar surface area (TPSA) is 439 Å². The highest BCUT2D eigenvalue weighted by molar-refractivity contribution is 6.75. The molecule has 10 aromatic rings. The average Bonchev–Trinajstić information content (AvgIpc) is 1.59. The highest BCUT2D eigenvalue weighted by Gasteiger charge is 2.65. The highest BCUT2D eigenvalue weighted by atomic mass is 35.5. The number of carbonyl (C=O) groups excluding carboxylic acids is 2. The number of phenols is 4. The third kappa shape index (κ3) is 25.0. The Bertz CT molecular complexity index is 6490. The molecule has 0 bridgehead atoms. The standard InChI is InChI=1S/C48H65F3N10O8Si2.C26H40ClF2N5O5Si2.C22H26FN5O3/c1-28(2)32-22-33(36(63)23-35(32)62)40-56-57-45(66)61(40)31-14-13-29(34(49)21-31)26-58-17-19-59(20-18-58)43-52-24-30(25-53-43)41(64)54-38-15-16-60(44(65)55-38)42-48(50,51)39(69-71(11,12)47(6,7)8)37(68-42)27-67-70(9,10)46(3,4)5;1-24(2,3)40(7,8)37-15-17-19(39-41(9,10)25(4,5)6)26(28,29)21(38-17)34-12-11-18(33-23(34)36)32-20(35)16-13-30-22(27)31-14-16;1-13(2)16-10-17(20(30)11-19(16)29)21-25-26-22(31)28(21)15-4-3-14(18(23)9-15)12-27-7-5-24-6-8-27/h13-16,21-25,28,37,39,42,62-63H,17-20,26-27H2,1-12H3,(H,57,66)(H,54,55,64,65);11-14,17,19,21H,15H2,1-10H3,(H,32,33,35,36);3-4,9-11,13,24,29-30H,5-8,12H2,1-2H3,(H,26,31)/t37-,39-,42-;17-,19-,21-;/m11./s1. The molecule has 143 heavy (non-hydrogen) atoms. The maximum Gasteiger partial charge on any atom is 0.351 e. The largest absolute Gasteiger partial charge is 0.508 e. The number of rotatable bonds is 27. The van der Waals surface area contributed by atoms with E-state index >= 15 is 22.0 Å². The van der Waals surface area contributed by atoms with Crippen molar-refractivity contribution in [3.63, 3.8) is 0 Å². The van der Waals surface area contributed by atoms with Gasteiger partial charge >= 0.3 is 34.6 Å². The van der Waals surface area contributed by atoms with Crippen LogP contribution in [-0.4, -0.2) is 246 Å². The summed E-state index contributed by atoms with van der Waals surface area (Å²) in [4.78, 5) is 108. The Morgan fingerprint density at radius 2 is 0.860 bits per heavy atom. The molecule has 47 heteroatoms. The fraction of sp³-hybridized carbons (Fsp3) is 0.521. The summed E-state index contributed by atoms with van der Waals surface area (Å²) in [6, 6.07) is 17.1. The lowest BCUT2D eigenvalue weighted by molar-refractivity contribution is -0.138. The first-order valence-electron chi connectivity index (χ1n) is 47.2. The fourth-order valence-electron chi connectivity index (χ4n) is 15.2. The van der Waals surface area contributed by atoms with Gasteiger partial charge in [-0.2, -0.15) is 37.7 Å². The first kappa shape index (κ1) is 111. The Labute approximate surface area is 834 Å². The lowest BCUT2D eigenvalue weighted by atomic mass is 9.98. The van der Waals surface area contributed by atoms with Crippen LogP contribution in [0.3, 0.4) is 0 Å². The van der Waals surface area contributed by atoms with Crippen LogP contribution in [-0.2, 0) is 40.3 Å².